The van der Waals surface area contributed by atoms with Gasteiger partial charge < -0.3 is 9.73 Å². The third kappa shape index (κ3) is 5.07. The fourth-order valence-corrected chi connectivity index (χ4v) is 4.58. The Hall–Kier alpha value is -4.52. The zero-order valence-electron chi connectivity index (χ0n) is 20.5. The lowest BCUT2D eigenvalue weighted by Crippen LogP contribution is -2.30. The van der Waals surface area contributed by atoms with Crippen molar-refractivity contribution in [2.45, 2.75) is 38.1 Å². The molecule has 184 valence electrons. The van der Waals surface area contributed by atoms with E-state index in [1.165, 1.54) is 5.56 Å². The number of aryl methyl sites for hydroxylation is 1. The minimum atomic E-state index is -0.154. The van der Waals surface area contributed by atoms with Gasteiger partial charge in [-0.2, -0.15) is 5.10 Å². The molecule has 6 rings (SSSR count). The van der Waals surface area contributed by atoms with Crippen LogP contribution in [0, 0.1) is 6.92 Å². The highest BCUT2D eigenvalue weighted by molar-refractivity contribution is 5.95. The van der Waals surface area contributed by atoms with Crippen LogP contribution < -0.4 is 5.32 Å². The molecule has 0 aliphatic heterocycles. The summed E-state index contributed by atoms with van der Waals surface area (Å²) < 4.78 is 7.51. The maximum absolute atomic E-state index is 13.5. The fourth-order valence-electron chi connectivity index (χ4n) is 4.58. The number of rotatable bonds is 8. The molecular weight excluding hydrogens is 462 g/mol. The Bertz CT molecular complexity index is 1520. The van der Waals surface area contributed by atoms with Crippen molar-refractivity contribution in [3.05, 3.63) is 119 Å². The van der Waals surface area contributed by atoms with Gasteiger partial charge in [-0.3, -0.25) is 4.79 Å². The quantitative estimate of drug-likeness (QED) is 0.297. The normalized spacial score (nSPS) is 13.9. The fraction of sp³-hybridized carbons (Fsp3) is 0.200. The SMILES string of the molecule is Cc1nnc(-c2cc(C3CC3)n(-c3cccc(C(=O)N[C@H](Cc4ccccc4)c4ccccc4)c3)n2)o1. The lowest BCUT2D eigenvalue weighted by atomic mass is 9.98. The molecule has 7 heteroatoms. The Morgan fingerprint density at radius 3 is 2.43 bits per heavy atom. The van der Waals surface area contributed by atoms with E-state index in [9.17, 15) is 4.79 Å². The molecule has 2 aromatic heterocycles. The van der Waals surface area contributed by atoms with Crippen LogP contribution in [0.1, 0.15) is 57.9 Å². The van der Waals surface area contributed by atoms with Crippen molar-refractivity contribution < 1.29 is 9.21 Å². The van der Waals surface area contributed by atoms with Gasteiger partial charge in [-0.15, -0.1) is 10.2 Å². The number of carbonyl (C=O) groups excluding carboxylic acids is 1. The van der Waals surface area contributed by atoms with Crippen molar-refractivity contribution in [3.8, 4) is 17.3 Å². The van der Waals surface area contributed by atoms with Crippen LogP contribution in [0.3, 0.4) is 0 Å². The molecule has 1 amide bonds. The van der Waals surface area contributed by atoms with E-state index in [0.29, 0.717) is 35.4 Å². The van der Waals surface area contributed by atoms with E-state index in [4.69, 9.17) is 9.52 Å². The van der Waals surface area contributed by atoms with Gasteiger partial charge in [0.2, 0.25) is 5.89 Å². The lowest BCUT2D eigenvalue weighted by Gasteiger charge is -2.20. The molecule has 0 bridgehead atoms. The maximum Gasteiger partial charge on any atom is 0.268 e. The van der Waals surface area contributed by atoms with Crippen molar-refractivity contribution in [3.63, 3.8) is 0 Å². The maximum atomic E-state index is 13.5. The monoisotopic (exact) mass is 489 g/mol. The molecule has 0 unspecified atom stereocenters. The third-order valence-electron chi connectivity index (χ3n) is 6.62. The number of hydrogen-bond donors (Lipinski definition) is 1. The largest absolute Gasteiger partial charge is 0.420 e. The predicted octanol–water partition coefficient (Wildman–Crippen LogP) is 5.82. The van der Waals surface area contributed by atoms with E-state index >= 15 is 0 Å². The molecule has 1 fully saturated rings. The van der Waals surface area contributed by atoms with Gasteiger partial charge in [0.1, 0.15) is 5.69 Å². The summed E-state index contributed by atoms with van der Waals surface area (Å²) in [6.45, 7) is 1.76. The minimum Gasteiger partial charge on any atom is -0.420 e. The van der Waals surface area contributed by atoms with Gasteiger partial charge >= 0.3 is 0 Å². The van der Waals surface area contributed by atoms with Crippen LogP contribution in [0.15, 0.2) is 95.4 Å². The summed E-state index contributed by atoms with van der Waals surface area (Å²) in [6, 6.07) is 29.8. The third-order valence-corrected chi connectivity index (χ3v) is 6.62. The second kappa shape index (κ2) is 9.85. The van der Waals surface area contributed by atoms with Gasteiger partial charge in [-0.25, -0.2) is 4.68 Å². The molecule has 1 N–H and O–H groups in total. The molecule has 1 atom stereocenters. The van der Waals surface area contributed by atoms with E-state index in [2.05, 4.69) is 39.8 Å². The first kappa shape index (κ1) is 22.9. The van der Waals surface area contributed by atoms with E-state index in [1.807, 2.05) is 71.4 Å². The first-order valence-corrected chi connectivity index (χ1v) is 12.5. The number of nitrogens with one attached hydrogen (secondary N) is 1. The second-order valence-corrected chi connectivity index (χ2v) is 9.44. The number of hydrogen-bond acceptors (Lipinski definition) is 5. The Labute approximate surface area is 215 Å². The first-order valence-electron chi connectivity index (χ1n) is 12.5. The molecular formula is C30H27N5O2. The van der Waals surface area contributed by atoms with Gasteiger partial charge in [0.05, 0.1) is 11.7 Å². The van der Waals surface area contributed by atoms with Crippen molar-refractivity contribution in [2.24, 2.45) is 0 Å². The Morgan fingerprint density at radius 2 is 1.73 bits per heavy atom. The molecule has 1 aliphatic rings. The average molecular weight is 490 g/mol. The zero-order valence-corrected chi connectivity index (χ0v) is 20.5. The summed E-state index contributed by atoms with van der Waals surface area (Å²) in [4.78, 5) is 13.5. The van der Waals surface area contributed by atoms with Gasteiger partial charge in [0.15, 0.2) is 0 Å². The summed E-state index contributed by atoms with van der Waals surface area (Å²) in [5.41, 5.74) is 5.38. The zero-order chi connectivity index (χ0) is 25.2. The van der Waals surface area contributed by atoms with Crippen molar-refractivity contribution in [2.75, 3.05) is 0 Å². The van der Waals surface area contributed by atoms with Gasteiger partial charge in [0, 0.05) is 24.1 Å². The molecule has 0 spiro atoms. The molecule has 3 aromatic carbocycles. The number of amides is 1. The molecule has 7 nitrogen and oxygen atoms in total. The molecule has 1 aliphatic carbocycles. The summed E-state index contributed by atoms with van der Waals surface area (Å²) in [6.07, 6.45) is 2.94. The van der Waals surface area contributed by atoms with Crippen LogP contribution in [0.5, 0.6) is 0 Å². The van der Waals surface area contributed by atoms with E-state index < -0.39 is 0 Å². The number of aromatic nitrogens is 4. The average Bonchev–Trinajstić information content (AvgIpc) is 3.54. The minimum absolute atomic E-state index is 0.125. The molecule has 1 saturated carbocycles. The van der Waals surface area contributed by atoms with Crippen LogP contribution in [0.25, 0.3) is 17.3 Å². The Balaban J connectivity index is 1.29. The van der Waals surface area contributed by atoms with Crippen LogP contribution in [0.4, 0.5) is 0 Å². The van der Waals surface area contributed by atoms with E-state index in [-0.39, 0.29) is 11.9 Å². The number of benzene rings is 3. The molecule has 2 heterocycles. The van der Waals surface area contributed by atoms with Crippen LogP contribution in [-0.4, -0.2) is 25.9 Å². The summed E-state index contributed by atoms with van der Waals surface area (Å²) in [5.74, 6) is 1.22. The van der Waals surface area contributed by atoms with Crippen LogP contribution in [0.2, 0.25) is 0 Å². The number of carbonyl (C=O) groups is 1. The smallest absolute Gasteiger partial charge is 0.268 e. The predicted molar refractivity (Wildman–Crippen MR) is 140 cm³/mol. The second-order valence-electron chi connectivity index (χ2n) is 9.44. The molecule has 0 saturated heterocycles. The first-order chi connectivity index (χ1) is 18.1. The molecule has 5 aromatic rings. The molecule has 0 radical (unpaired) electrons. The van der Waals surface area contributed by atoms with Crippen molar-refractivity contribution >= 4 is 5.91 Å². The highest BCUT2D eigenvalue weighted by Crippen LogP contribution is 2.42. The summed E-state index contributed by atoms with van der Waals surface area (Å²) in [7, 11) is 0. The van der Waals surface area contributed by atoms with E-state index in [0.717, 1.165) is 29.8 Å². The topological polar surface area (TPSA) is 85.8 Å². The van der Waals surface area contributed by atoms with E-state index in [1.54, 1.807) is 6.92 Å². The van der Waals surface area contributed by atoms with Crippen LogP contribution >= 0.6 is 0 Å². The lowest BCUT2D eigenvalue weighted by molar-refractivity contribution is 0.0936. The Kier molecular flexibility index (Phi) is 6.10. The molecule has 37 heavy (non-hydrogen) atoms. The standard InChI is InChI=1S/C30H27N5O2/c1-20-32-33-30(37-20)27-19-28(23-15-16-23)35(34-27)25-14-8-13-24(18-25)29(36)31-26(22-11-6-3-7-12-22)17-21-9-4-2-5-10-21/h2-14,18-19,23,26H,15-17H2,1H3,(H,31,36)/t26-/m1/s1. The van der Waals surface area contributed by atoms with Crippen LogP contribution in [-0.2, 0) is 6.42 Å². The van der Waals surface area contributed by atoms with Gasteiger partial charge in [0.25, 0.3) is 11.8 Å². The highest BCUT2D eigenvalue weighted by Gasteiger charge is 2.30. The van der Waals surface area contributed by atoms with Crippen molar-refractivity contribution in [1.29, 1.82) is 0 Å². The van der Waals surface area contributed by atoms with Gasteiger partial charge in [-0.05, 0) is 54.7 Å². The van der Waals surface area contributed by atoms with Crippen molar-refractivity contribution in [1.82, 2.24) is 25.3 Å². The summed E-state index contributed by atoms with van der Waals surface area (Å²) >= 11 is 0. The highest BCUT2D eigenvalue weighted by atomic mass is 16.4. The van der Waals surface area contributed by atoms with Gasteiger partial charge in [-0.1, -0.05) is 66.7 Å². The Morgan fingerprint density at radius 1 is 0.973 bits per heavy atom. The number of nitrogens with zero attached hydrogens (tertiary/aromatic N) is 4. The summed E-state index contributed by atoms with van der Waals surface area (Å²) in [5, 5.41) is 16.1.